The minimum absolute atomic E-state index is 0.0351. The van der Waals surface area contributed by atoms with Crippen molar-refractivity contribution in [2.75, 3.05) is 5.01 Å². The maximum absolute atomic E-state index is 9.85. The van der Waals surface area contributed by atoms with Gasteiger partial charge in [-0.3, -0.25) is 5.01 Å². The lowest BCUT2D eigenvalue weighted by Gasteiger charge is -2.22. The van der Waals surface area contributed by atoms with Crippen LogP contribution in [0.1, 0.15) is 11.1 Å². The molecule has 6 heteroatoms. The van der Waals surface area contributed by atoms with Gasteiger partial charge in [0.05, 0.1) is 16.4 Å². The highest BCUT2D eigenvalue weighted by molar-refractivity contribution is 6.36. The van der Waals surface area contributed by atoms with Crippen LogP contribution in [0.4, 0.5) is 11.4 Å². The number of rotatable bonds is 2. The first-order valence-electron chi connectivity index (χ1n) is 5.85. The van der Waals surface area contributed by atoms with Crippen LogP contribution in [0.5, 0.6) is 11.5 Å². The first-order valence-corrected chi connectivity index (χ1v) is 6.60. The molecule has 0 aliphatic heterocycles. The summed E-state index contributed by atoms with van der Waals surface area (Å²) in [6.07, 6.45) is 0. The van der Waals surface area contributed by atoms with Gasteiger partial charge in [0, 0.05) is 6.07 Å². The highest BCUT2D eigenvalue weighted by Crippen LogP contribution is 2.40. The van der Waals surface area contributed by atoms with E-state index < -0.39 is 0 Å². The second-order valence-corrected chi connectivity index (χ2v) is 5.31. The summed E-state index contributed by atoms with van der Waals surface area (Å²) in [6, 6.07) is 6.42. The lowest BCUT2D eigenvalue weighted by molar-refractivity contribution is 0.471. The average molecular weight is 313 g/mol. The zero-order chi connectivity index (χ0) is 15.0. The van der Waals surface area contributed by atoms with Gasteiger partial charge in [0.2, 0.25) is 0 Å². The number of halogens is 2. The normalized spacial score (nSPS) is 10.7. The Kier molecular flexibility index (Phi) is 3.99. The van der Waals surface area contributed by atoms with Crippen molar-refractivity contribution in [3.05, 3.63) is 45.4 Å². The summed E-state index contributed by atoms with van der Waals surface area (Å²) in [5, 5.41) is 21.3. The molecule has 0 saturated heterocycles. The van der Waals surface area contributed by atoms with Crippen molar-refractivity contribution in [3.63, 3.8) is 0 Å². The van der Waals surface area contributed by atoms with E-state index in [1.165, 1.54) is 11.1 Å². The Labute approximate surface area is 126 Å². The number of benzene rings is 2. The van der Waals surface area contributed by atoms with Crippen LogP contribution in [0, 0.1) is 13.8 Å². The fourth-order valence-electron chi connectivity index (χ4n) is 1.80. The summed E-state index contributed by atoms with van der Waals surface area (Å²) in [5.74, 6) is 6.04. The number of nitrogens with two attached hydrogens (primary N) is 1. The number of hydrogen-bond donors (Lipinski definition) is 3. The summed E-state index contributed by atoms with van der Waals surface area (Å²) in [5.41, 5.74) is 2.06. The number of nitrogens with zero attached hydrogens (tertiary/aromatic N) is 1. The molecule has 4 nitrogen and oxygen atoms in total. The van der Waals surface area contributed by atoms with Crippen molar-refractivity contribution in [1.82, 2.24) is 0 Å². The Balaban J connectivity index is 2.55. The smallest absolute Gasteiger partial charge is 0.139 e. The predicted octanol–water partition coefficient (Wildman–Crippen LogP) is 4.03. The molecule has 0 saturated carbocycles. The highest BCUT2D eigenvalue weighted by Gasteiger charge is 2.17. The number of anilines is 2. The van der Waals surface area contributed by atoms with Gasteiger partial charge >= 0.3 is 0 Å². The second-order valence-electron chi connectivity index (χ2n) is 4.52. The first kappa shape index (κ1) is 14.8. The van der Waals surface area contributed by atoms with E-state index in [1.54, 1.807) is 32.0 Å². The Bertz CT molecular complexity index is 673. The maximum Gasteiger partial charge on any atom is 0.139 e. The van der Waals surface area contributed by atoms with E-state index >= 15 is 0 Å². The van der Waals surface area contributed by atoms with E-state index in [1.807, 2.05) is 0 Å². The predicted molar refractivity (Wildman–Crippen MR) is 82.0 cm³/mol. The molecule has 0 atom stereocenters. The minimum atomic E-state index is -0.0351. The lowest BCUT2D eigenvalue weighted by Crippen LogP contribution is -2.25. The van der Waals surface area contributed by atoms with Crippen LogP contribution in [-0.2, 0) is 0 Å². The summed E-state index contributed by atoms with van der Waals surface area (Å²) in [7, 11) is 0. The van der Waals surface area contributed by atoms with Gasteiger partial charge in [-0.15, -0.1) is 0 Å². The fraction of sp³-hybridized carbons (Fsp3) is 0.143. The van der Waals surface area contributed by atoms with Crippen molar-refractivity contribution in [3.8, 4) is 11.5 Å². The van der Waals surface area contributed by atoms with Gasteiger partial charge in [0.25, 0.3) is 0 Å². The molecule has 0 aliphatic rings. The molecule has 2 aromatic carbocycles. The molecule has 0 heterocycles. The minimum Gasteiger partial charge on any atom is -0.508 e. The second kappa shape index (κ2) is 5.40. The van der Waals surface area contributed by atoms with Crippen molar-refractivity contribution in [1.29, 1.82) is 0 Å². The summed E-state index contributed by atoms with van der Waals surface area (Å²) in [6.45, 7) is 3.47. The molecule has 0 amide bonds. The number of phenolic OH excluding ortho intramolecular Hbond substituents is 2. The summed E-state index contributed by atoms with van der Waals surface area (Å²) >= 11 is 12.2. The van der Waals surface area contributed by atoms with Crippen LogP contribution in [0.25, 0.3) is 0 Å². The Morgan fingerprint density at radius 2 is 1.65 bits per heavy atom. The number of phenols is 2. The molecule has 0 radical (unpaired) electrons. The SMILES string of the molecule is Cc1cc(Cl)c(N(N)c2ccc(C)c(O)c2Cl)cc1O. The van der Waals surface area contributed by atoms with Crippen molar-refractivity contribution in [2.24, 2.45) is 5.84 Å². The first-order chi connectivity index (χ1) is 9.32. The van der Waals surface area contributed by atoms with E-state index in [4.69, 9.17) is 29.0 Å². The third-order valence-corrected chi connectivity index (χ3v) is 3.76. The van der Waals surface area contributed by atoms with Crippen LogP contribution in [0.3, 0.4) is 0 Å². The Hall–Kier alpha value is -1.62. The van der Waals surface area contributed by atoms with Gasteiger partial charge in [-0.2, -0.15) is 0 Å². The molecule has 20 heavy (non-hydrogen) atoms. The van der Waals surface area contributed by atoms with Gasteiger partial charge in [-0.1, -0.05) is 29.3 Å². The van der Waals surface area contributed by atoms with Gasteiger partial charge in [0.15, 0.2) is 0 Å². The maximum atomic E-state index is 9.85. The van der Waals surface area contributed by atoms with E-state index in [2.05, 4.69) is 0 Å². The summed E-state index contributed by atoms with van der Waals surface area (Å²) in [4.78, 5) is 0. The molecule has 106 valence electrons. The van der Waals surface area contributed by atoms with Gasteiger partial charge < -0.3 is 10.2 Å². The topological polar surface area (TPSA) is 69.7 Å². The van der Waals surface area contributed by atoms with Gasteiger partial charge in [0.1, 0.15) is 16.5 Å². The van der Waals surface area contributed by atoms with Crippen molar-refractivity contribution >= 4 is 34.6 Å². The number of aryl methyl sites for hydroxylation is 2. The number of aromatic hydroxyl groups is 2. The molecule has 2 aromatic rings. The largest absolute Gasteiger partial charge is 0.508 e. The Morgan fingerprint density at radius 3 is 2.30 bits per heavy atom. The zero-order valence-corrected chi connectivity index (χ0v) is 12.5. The van der Waals surface area contributed by atoms with Gasteiger partial charge in [-0.05, 0) is 37.1 Å². The molecule has 2 rings (SSSR count). The van der Waals surface area contributed by atoms with Crippen LogP contribution in [0.2, 0.25) is 10.0 Å². The average Bonchev–Trinajstić information content (AvgIpc) is 2.40. The quantitative estimate of drug-likeness (QED) is 0.578. The molecule has 0 unspecified atom stereocenters. The Morgan fingerprint density at radius 1 is 1.00 bits per heavy atom. The van der Waals surface area contributed by atoms with E-state index in [0.717, 1.165) is 0 Å². The van der Waals surface area contributed by atoms with Crippen LogP contribution >= 0.6 is 23.2 Å². The molecule has 0 bridgehead atoms. The van der Waals surface area contributed by atoms with E-state index in [0.29, 0.717) is 27.5 Å². The zero-order valence-electron chi connectivity index (χ0n) is 11.0. The van der Waals surface area contributed by atoms with Crippen molar-refractivity contribution < 1.29 is 10.2 Å². The number of hydrogen-bond acceptors (Lipinski definition) is 4. The van der Waals surface area contributed by atoms with E-state index in [9.17, 15) is 10.2 Å². The molecular weight excluding hydrogens is 299 g/mol. The van der Waals surface area contributed by atoms with E-state index in [-0.39, 0.29) is 16.5 Å². The molecule has 0 aliphatic carbocycles. The molecule has 0 aromatic heterocycles. The molecular formula is C14H14Cl2N2O2. The third kappa shape index (κ3) is 2.50. The fourth-order valence-corrected chi connectivity index (χ4v) is 2.41. The highest BCUT2D eigenvalue weighted by atomic mass is 35.5. The van der Waals surface area contributed by atoms with Crippen LogP contribution in [0.15, 0.2) is 24.3 Å². The van der Waals surface area contributed by atoms with Crippen LogP contribution < -0.4 is 10.9 Å². The monoisotopic (exact) mass is 312 g/mol. The molecule has 0 fully saturated rings. The summed E-state index contributed by atoms with van der Waals surface area (Å²) < 4.78 is 0. The lowest BCUT2D eigenvalue weighted by atomic mass is 10.1. The standard InChI is InChI=1S/C14H14Cl2N2O2/c1-7-3-4-10(13(16)14(7)20)18(17)11-6-12(19)8(2)5-9(11)15/h3-6,19-20H,17H2,1-2H3. The number of hydrazine groups is 1. The van der Waals surface area contributed by atoms with Gasteiger partial charge in [-0.25, -0.2) is 5.84 Å². The van der Waals surface area contributed by atoms with Crippen LogP contribution in [-0.4, -0.2) is 10.2 Å². The molecule has 4 N–H and O–H groups in total. The van der Waals surface area contributed by atoms with Crippen molar-refractivity contribution in [2.45, 2.75) is 13.8 Å². The molecule has 0 spiro atoms. The third-order valence-electron chi connectivity index (χ3n) is 3.08.